The van der Waals surface area contributed by atoms with Crippen LogP contribution in [0.3, 0.4) is 0 Å². The fourth-order valence-corrected chi connectivity index (χ4v) is 2.81. The van der Waals surface area contributed by atoms with Crippen LogP contribution in [0.4, 0.5) is 11.4 Å². The van der Waals surface area contributed by atoms with Gasteiger partial charge in [0.1, 0.15) is 5.75 Å². The molecule has 0 heterocycles. The topological polar surface area (TPSA) is 58.6 Å². The van der Waals surface area contributed by atoms with E-state index >= 15 is 0 Å². The van der Waals surface area contributed by atoms with Gasteiger partial charge in [-0.2, -0.15) is 0 Å². The molecule has 1 N–H and O–H groups in total. The maximum Gasteiger partial charge on any atom is 0.264 e. The van der Waals surface area contributed by atoms with Crippen LogP contribution in [0.5, 0.6) is 5.75 Å². The van der Waals surface area contributed by atoms with Gasteiger partial charge in [0.15, 0.2) is 6.61 Å². The minimum absolute atomic E-state index is 0.0520. The molecule has 3 rings (SSSR count). The van der Waals surface area contributed by atoms with E-state index in [9.17, 15) is 9.59 Å². The first kappa shape index (κ1) is 18.0. The average Bonchev–Trinajstić information content (AvgIpc) is 3.49. The molecule has 0 radical (unpaired) electrons. The van der Waals surface area contributed by atoms with Crippen molar-refractivity contribution >= 4 is 23.2 Å². The normalized spacial score (nSPS) is 13.2. The van der Waals surface area contributed by atoms with Crippen LogP contribution in [0, 0.1) is 12.8 Å². The van der Waals surface area contributed by atoms with Gasteiger partial charge in [-0.25, -0.2) is 0 Å². The Morgan fingerprint density at radius 1 is 1.12 bits per heavy atom. The molecule has 1 saturated carbocycles. The molecular formula is C21H24N2O3. The van der Waals surface area contributed by atoms with E-state index in [-0.39, 0.29) is 24.3 Å². The summed E-state index contributed by atoms with van der Waals surface area (Å²) in [7, 11) is 0. The number of benzene rings is 2. The number of carbonyl (C=O) groups excluding carboxylic acids is 2. The summed E-state index contributed by atoms with van der Waals surface area (Å²) in [5.41, 5.74) is 2.42. The summed E-state index contributed by atoms with van der Waals surface area (Å²) >= 11 is 0. The Kier molecular flexibility index (Phi) is 5.56. The van der Waals surface area contributed by atoms with Crippen LogP contribution in [0.15, 0.2) is 48.5 Å². The third-order valence-corrected chi connectivity index (χ3v) is 4.53. The summed E-state index contributed by atoms with van der Waals surface area (Å²) in [6.45, 7) is 4.34. The van der Waals surface area contributed by atoms with Crippen molar-refractivity contribution in [2.75, 3.05) is 23.4 Å². The zero-order valence-corrected chi connectivity index (χ0v) is 15.2. The van der Waals surface area contributed by atoms with Crippen LogP contribution >= 0.6 is 0 Å². The zero-order valence-electron chi connectivity index (χ0n) is 15.2. The maximum absolute atomic E-state index is 12.6. The van der Waals surface area contributed by atoms with Crippen LogP contribution in [0.2, 0.25) is 0 Å². The minimum atomic E-state index is -0.106. The highest BCUT2D eigenvalue weighted by Crippen LogP contribution is 2.32. The highest BCUT2D eigenvalue weighted by atomic mass is 16.5. The lowest BCUT2D eigenvalue weighted by molar-refractivity contribution is -0.120. The molecule has 1 aliphatic rings. The van der Waals surface area contributed by atoms with E-state index in [4.69, 9.17) is 4.74 Å². The molecule has 0 aromatic heterocycles. The first-order valence-corrected chi connectivity index (χ1v) is 8.99. The number of likely N-dealkylation sites (N-methyl/N-ethyl adjacent to an activating group) is 1. The molecule has 0 bridgehead atoms. The molecule has 5 nitrogen and oxygen atoms in total. The first-order valence-electron chi connectivity index (χ1n) is 8.99. The Balaban J connectivity index is 1.65. The highest BCUT2D eigenvalue weighted by molar-refractivity contribution is 5.95. The van der Waals surface area contributed by atoms with Gasteiger partial charge in [-0.3, -0.25) is 9.59 Å². The lowest BCUT2D eigenvalue weighted by atomic mass is 10.1. The second-order valence-corrected chi connectivity index (χ2v) is 6.45. The number of hydrogen-bond donors (Lipinski definition) is 1. The average molecular weight is 352 g/mol. The number of nitrogens with zero attached hydrogens (tertiary/aromatic N) is 1. The lowest BCUT2D eigenvalue weighted by Gasteiger charge is -2.21. The molecule has 0 atom stereocenters. The van der Waals surface area contributed by atoms with E-state index in [2.05, 4.69) is 5.32 Å². The van der Waals surface area contributed by atoms with Gasteiger partial charge in [-0.05, 0) is 51.0 Å². The number of amides is 2. The fraction of sp³-hybridized carbons (Fsp3) is 0.333. The molecule has 0 unspecified atom stereocenters. The van der Waals surface area contributed by atoms with Gasteiger partial charge < -0.3 is 15.0 Å². The summed E-state index contributed by atoms with van der Waals surface area (Å²) in [5.74, 6) is 0.702. The van der Waals surface area contributed by atoms with E-state index in [1.807, 2.05) is 62.4 Å². The molecule has 0 spiro atoms. The van der Waals surface area contributed by atoms with Crippen LogP contribution in [0.1, 0.15) is 25.3 Å². The number of rotatable bonds is 7. The van der Waals surface area contributed by atoms with Crippen LogP contribution in [0.25, 0.3) is 0 Å². The number of hydrogen-bond acceptors (Lipinski definition) is 3. The number of nitrogens with one attached hydrogen (secondary N) is 1. The smallest absolute Gasteiger partial charge is 0.264 e. The Labute approximate surface area is 154 Å². The summed E-state index contributed by atoms with van der Waals surface area (Å²) < 4.78 is 5.76. The van der Waals surface area contributed by atoms with Crippen molar-refractivity contribution in [3.8, 4) is 5.75 Å². The molecule has 26 heavy (non-hydrogen) atoms. The maximum atomic E-state index is 12.6. The molecule has 136 valence electrons. The lowest BCUT2D eigenvalue weighted by Crippen LogP contribution is -2.34. The van der Waals surface area contributed by atoms with E-state index < -0.39 is 0 Å². The molecule has 5 heteroatoms. The van der Waals surface area contributed by atoms with Crippen LogP contribution < -0.4 is 15.0 Å². The molecule has 1 fully saturated rings. The third-order valence-electron chi connectivity index (χ3n) is 4.53. The van der Waals surface area contributed by atoms with Crippen LogP contribution in [-0.2, 0) is 9.59 Å². The molecule has 1 aliphatic carbocycles. The Morgan fingerprint density at radius 3 is 2.50 bits per heavy atom. The molecule has 2 aromatic carbocycles. The second-order valence-electron chi connectivity index (χ2n) is 6.45. The largest absolute Gasteiger partial charge is 0.483 e. The number of para-hydroxylation sites is 1. The van der Waals surface area contributed by atoms with Gasteiger partial charge in [0.25, 0.3) is 5.91 Å². The van der Waals surface area contributed by atoms with Gasteiger partial charge in [-0.1, -0.05) is 24.3 Å². The number of ether oxygens (including phenoxy) is 1. The van der Waals surface area contributed by atoms with Crippen molar-refractivity contribution in [2.24, 2.45) is 5.92 Å². The minimum Gasteiger partial charge on any atom is -0.483 e. The van der Waals surface area contributed by atoms with E-state index in [1.54, 1.807) is 4.90 Å². The molecular weight excluding hydrogens is 328 g/mol. The number of carbonyl (C=O) groups is 2. The summed E-state index contributed by atoms with van der Waals surface area (Å²) in [6.07, 6.45) is 1.92. The van der Waals surface area contributed by atoms with E-state index in [0.717, 1.165) is 29.8 Å². The van der Waals surface area contributed by atoms with Gasteiger partial charge in [0, 0.05) is 29.4 Å². The first-order chi connectivity index (χ1) is 12.6. The summed E-state index contributed by atoms with van der Waals surface area (Å²) in [5, 5.41) is 2.95. The summed E-state index contributed by atoms with van der Waals surface area (Å²) in [6, 6.07) is 15.0. The van der Waals surface area contributed by atoms with Gasteiger partial charge >= 0.3 is 0 Å². The Morgan fingerprint density at radius 2 is 1.85 bits per heavy atom. The van der Waals surface area contributed by atoms with Crippen molar-refractivity contribution in [2.45, 2.75) is 26.7 Å². The van der Waals surface area contributed by atoms with Crippen molar-refractivity contribution in [3.05, 3.63) is 54.1 Å². The SMILES string of the molecule is CCN(C(=O)COc1cccc(NC(=O)C2CC2)c1C)c1ccccc1. The predicted molar refractivity (Wildman–Crippen MR) is 102 cm³/mol. The van der Waals surface area contributed by atoms with Crippen molar-refractivity contribution < 1.29 is 14.3 Å². The highest BCUT2D eigenvalue weighted by Gasteiger charge is 2.30. The van der Waals surface area contributed by atoms with E-state index in [0.29, 0.717) is 12.3 Å². The third kappa shape index (κ3) is 4.23. The summed E-state index contributed by atoms with van der Waals surface area (Å²) in [4.78, 5) is 26.2. The van der Waals surface area contributed by atoms with Crippen molar-refractivity contribution in [1.29, 1.82) is 0 Å². The van der Waals surface area contributed by atoms with Crippen LogP contribution in [-0.4, -0.2) is 25.0 Å². The fourth-order valence-electron chi connectivity index (χ4n) is 2.81. The molecule has 2 amide bonds. The van der Waals surface area contributed by atoms with Gasteiger partial charge in [0.2, 0.25) is 5.91 Å². The Hall–Kier alpha value is -2.82. The molecule has 0 aliphatic heterocycles. The van der Waals surface area contributed by atoms with E-state index in [1.165, 1.54) is 0 Å². The Bertz CT molecular complexity index is 785. The quantitative estimate of drug-likeness (QED) is 0.825. The monoisotopic (exact) mass is 352 g/mol. The van der Waals surface area contributed by atoms with Crippen molar-refractivity contribution in [3.63, 3.8) is 0 Å². The second kappa shape index (κ2) is 8.04. The predicted octanol–water partition coefficient (Wildman–Crippen LogP) is 3.78. The molecule has 0 saturated heterocycles. The van der Waals surface area contributed by atoms with Gasteiger partial charge in [0.05, 0.1) is 0 Å². The zero-order chi connectivity index (χ0) is 18.5. The molecule has 2 aromatic rings. The number of anilines is 2. The van der Waals surface area contributed by atoms with Gasteiger partial charge in [-0.15, -0.1) is 0 Å². The standard InChI is InChI=1S/C21H24N2O3/c1-3-23(17-8-5-4-6-9-17)20(24)14-26-19-11-7-10-18(15(19)2)22-21(25)16-12-13-16/h4-11,16H,3,12-14H2,1-2H3,(H,22,25). The van der Waals surface area contributed by atoms with Crippen molar-refractivity contribution in [1.82, 2.24) is 0 Å².